The summed E-state index contributed by atoms with van der Waals surface area (Å²) in [6.45, 7) is 4.43. The third-order valence-corrected chi connectivity index (χ3v) is 4.26. The Morgan fingerprint density at radius 1 is 1.00 bits per heavy atom. The van der Waals surface area contributed by atoms with Crippen molar-refractivity contribution >= 4 is 16.7 Å². The van der Waals surface area contributed by atoms with Crippen LogP contribution in [0.5, 0.6) is 5.88 Å². The Labute approximate surface area is 141 Å². The highest BCUT2D eigenvalue weighted by Gasteiger charge is 2.12. The molecule has 3 aromatic rings. The zero-order valence-corrected chi connectivity index (χ0v) is 13.5. The number of rotatable bonds is 4. The molecular weight excluding hydrogens is 300 g/mol. The van der Waals surface area contributed by atoms with Gasteiger partial charge in [0.1, 0.15) is 12.4 Å². The first kappa shape index (κ1) is 14.9. The van der Waals surface area contributed by atoms with Crippen LogP contribution in [0.3, 0.4) is 0 Å². The number of hydrogen-bond acceptors (Lipinski definition) is 5. The molecule has 5 heteroatoms. The van der Waals surface area contributed by atoms with Gasteiger partial charge in [0.25, 0.3) is 0 Å². The van der Waals surface area contributed by atoms with E-state index in [9.17, 15) is 0 Å². The fraction of sp³-hybridized carbons (Fsp3) is 0.263. The molecule has 0 radical (unpaired) electrons. The Bertz CT molecular complexity index is 825. The second kappa shape index (κ2) is 6.84. The summed E-state index contributed by atoms with van der Waals surface area (Å²) in [4.78, 5) is 11.3. The minimum atomic E-state index is 0.487. The van der Waals surface area contributed by atoms with Crippen LogP contribution in [0.1, 0.15) is 5.56 Å². The molecule has 5 nitrogen and oxygen atoms in total. The van der Waals surface area contributed by atoms with E-state index in [2.05, 4.69) is 26.3 Å². The second-order valence-electron chi connectivity index (χ2n) is 5.85. The van der Waals surface area contributed by atoms with Gasteiger partial charge in [0, 0.05) is 49.4 Å². The SMILES string of the molecule is c1cc(OCc2ccnc3ccccc23)nc(N2CCNCC2)c1. The lowest BCUT2D eigenvalue weighted by Crippen LogP contribution is -2.43. The van der Waals surface area contributed by atoms with Crippen molar-refractivity contribution in [2.75, 3.05) is 31.1 Å². The summed E-state index contributed by atoms with van der Waals surface area (Å²) < 4.78 is 5.95. The molecule has 2 aromatic heterocycles. The third-order valence-electron chi connectivity index (χ3n) is 4.26. The van der Waals surface area contributed by atoms with Crippen LogP contribution in [0.15, 0.2) is 54.7 Å². The zero-order chi connectivity index (χ0) is 16.2. The molecule has 1 saturated heterocycles. The average Bonchev–Trinajstić information content (AvgIpc) is 2.67. The first-order valence-electron chi connectivity index (χ1n) is 8.28. The molecule has 1 aromatic carbocycles. The van der Waals surface area contributed by atoms with Crippen molar-refractivity contribution in [1.82, 2.24) is 15.3 Å². The Kier molecular flexibility index (Phi) is 4.25. The van der Waals surface area contributed by atoms with Crippen molar-refractivity contribution in [3.63, 3.8) is 0 Å². The second-order valence-corrected chi connectivity index (χ2v) is 5.85. The fourth-order valence-corrected chi connectivity index (χ4v) is 2.99. The van der Waals surface area contributed by atoms with E-state index in [1.807, 2.05) is 48.7 Å². The predicted octanol–water partition coefficient (Wildman–Crippen LogP) is 2.62. The Hall–Kier alpha value is -2.66. The van der Waals surface area contributed by atoms with E-state index < -0.39 is 0 Å². The van der Waals surface area contributed by atoms with E-state index in [0.29, 0.717) is 12.5 Å². The molecule has 4 rings (SSSR count). The molecule has 0 bridgehead atoms. The monoisotopic (exact) mass is 320 g/mol. The van der Waals surface area contributed by atoms with Crippen LogP contribution < -0.4 is 15.0 Å². The maximum Gasteiger partial charge on any atom is 0.215 e. The van der Waals surface area contributed by atoms with Crippen molar-refractivity contribution in [2.45, 2.75) is 6.61 Å². The van der Waals surface area contributed by atoms with Crippen LogP contribution in [-0.2, 0) is 6.61 Å². The van der Waals surface area contributed by atoms with Crippen molar-refractivity contribution in [3.8, 4) is 5.88 Å². The molecule has 0 aliphatic carbocycles. The quantitative estimate of drug-likeness (QED) is 0.801. The smallest absolute Gasteiger partial charge is 0.215 e. The average molecular weight is 320 g/mol. The highest BCUT2D eigenvalue weighted by atomic mass is 16.5. The minimum absolute atomic E-state index is 0.487. The molecule has 1 aliphatic heterocycles. The molecule has 0 atom stereocenters. The number of benzene rings is 1. The van der Waals surface area contributed by atoms with Crippen LogP contribution in [0, 0.1) is 0 Å². The number of para-hydroxylation sites is 1. The summed E-state index contributed by atoms with van der Waals surface area (Å²) >= 11 is 0. The maximum atomic E-state index is 5.95. The topological polar surface area (TPSA) is 50.3 Å². The van der Waals surface area contributed by atoms with Gasteiger partial charge in [0.2, 0.25) is 5.88 Å². The number of pyridine rings is 2. The molecule has 24 heavy (non-hydrogen) atoms. The van der Waals surface area contributed by atoms with Crippen LogP contribution >= 0.6 is 0 Å². The van der Waals surface area contributed by atoms with E-state index >= 15 is 0 Å². The van der Waals surface area contributed by atoms with Gasteiger partial charge in [-0.2, -0.15) is 4.98 Å². The fourth-order valence-electron chi connectivity index (χ4n) is 2.99. The van der Waals surface area contributed by atoms with Crippen LogP contribution in [-0.4, -0.2) is 36.1 Å². The summed E-state index contributed by atoms with van der Waals surface area (Å²) in [5.74, 6) is 1.64. The van der Waals surface area contributed by atoms with Gasteiger partial charge < -0.3 is 15.0 Å². The summed E-state index contributed by atoms with van der Waals surface area (Å²) in [5.41, 5.74) is 2.11. The highest BCUT2D eigenvalue weighted by Crippen LogP contribution is 2.20. The van der Waals surface area contributed by atoms with E-state index in [-0.39, 0.29) is 0 Å². The minimum Gasteiger partial charge on any atom is -0.473 e. The molecular formula is C19H20N4O. The number of piperazine rings is 1. The van der Waals surface area contributed by atoms with Crippen molar-refractivity contribution in [1.29, 1.82) is 0 Å². The largest absolute Gasteiger partial charge is 0.473 e. The third kappa shape index (κ3) is 3.16. The number of nitrogens with zero attached hydrogens (tertiary/aromatic N) is 3. The number of ether oxygens (including phenoxy) is 1. The molecule has 0 saturated carbocycles. The van der Waals surface area contributed by atoms with Gasteiger partial charge in [-0.3, -0.25) is 4.98 Å². The normalized spacial score (nSPS) is 14.8. The Morgan fingerprint density at radius 3 is 2.79 bits per heavy atom. The summed E-state index contributed by atoms with van der Waals surface area (Å²) in [5, 5.41) is 4.48. The molecule has 0 amide bonds. The van der Waals surface area contributed by atoms with Crippen LogP contribution in [0.4, 0.5) is 5.82 Å². The maximum absolute atomic E-state index is 5.95. The first-order chi connectivity index (χ1) is 11.9. The Morgan fingerprint density at radius 2 is 1.88 bits per heavy atom. The van der Waals surface area contributed by atoms with Crippen molar-refractivity contribution in [3.05, 3.63) is 60.3 Å². The van der Waals surface area contributed by atoms with Gasteiger partial charge in [-0.1, -0.05) is 24.3 Å². The van der Waals surface area contributed by atoms with Gasteiger partial charge >= 0.3 is 0 Å². The molecule has 122 valence electrons. The van der Waals surface area contributed by atoms with E-state index in [1.54, 1.807) is 0 Å². The van der Waals surface area contributed by atoms with Crippen molar-refractivity contribution < 1.29 is 4.74 Å². The van der Waals surface area contributed by atoms with Gasteiger partial charge in [-0.15, -0.1) is 0 Å². The number of anilines is 1. The lowest BCUT2D eigenvalue weighted by molar-refractivity contribution is 0.295. The molecule has 3 heterocycles. The summed E-state index contributed by atoms with van der Waals surface area (Å²) in [6.07, 6.45) is 1.83. The standard InChI is InChI=1S/C19H20N4O/c1-2-5-17-16(4-1)15(8-9-21-17)14-24-19-7-3-6-18(22-19)23-12-10-20-11-13-23/h1-9,20H,10-14H2. The Balaban J connectivity index is 1.51. The molecule has 1 aliphatic rings. The predicted molar refractivity (Wildman–Crippen MR) is 95.4 cm³/mol. The van der Waals surface area contributed by atoms with Crippen molar-refractivity contribution in [2.24, 2.45) is 0 Å². The lowest BCUT2D eigenvalue weighted by atomic mass is 10.1. The summed E-state index contributed by atoms with van der Waals surface area (Å²) in [6, 6.07) is 16.1. The molecule has 1 N–H and O–H groups in total. The van der Waals surface area contributed by atoms with E-state index in [0.717, 1.165) is 48.5 Å². The van der Waals surface area contributed by atoms with Gasteiger partial charge in [0.15, 0.2) is 0 Å². The van der Waals surface area contributed by atoms with Gasteiger partial charge in [-0.05, 0) is 18.2 Å². The first-order valence-corrected chi connectivity index (χ1v) is 8.28. The number of hydrogen-bond donors (Lipinski definition) is 1. The van der Waals surface area contributed by atoms with Gasteiger partial charge in [-0.25, -0.2) is 0 Å². The summed E-state index contributed by atoms with van der Waals surface area (Å²) in [7, 11) is 0. The highest BCUT2D eigenvalue weighted by molar-refractivity contribution is 5.81. The molecule has 0 unspecified atom stereocenters. The molecule has 0 spiro atoms. The lowest BCUT2D eigenvalue weighted by Gasteiger charge is -2.28. The zero-order valence-electron chi connectivity index (χ0n) is 13.5. The molecule has 1 fully saturated rings. The van der Waals surface area contributed by atoms with Crippen LogP contribution in [0.25, 0.3) is 10.9 Å². The van der Waals surface area contributed by atoms with E-state index in [4.69, 9.17) is 4.74 Å². The van der Waals surface area contributed by atoms with E-state index in [1.165, 1.54) is 0 Å². The number of fused-ring (bicyclic) bond motifs is 1. The van der Waals surface area contributed by atoms with Gasteiger partial charge in [0.05, 0.1) is 5.52 Å². The van der Waals surface area contributed by atoms with Crippen LogP contribution in [0.2, 0.25) is 0 Å². The number of aromatic nitrogens is 2. The number of nitrogens with one attached hydrogen (secondary N) is 1.